The number of piperidine rings is 1. The zero-order valence-electron chi connectivity index (χ0n) is 19.6. The van der Waals surface area contributed by atoms with Gasteiger partial charge in [-0.05, 0) is 75.1 Å². The second-order valence-corrected chi connectivity index (χ2v) is 10.5. The first-order chi connectivity index (χ1) is 15.8. The van der Waals surface area contributed by atoms with Gasteiger partial charge in [-0.2, -0.15) is 4.31 Å². The van der Waals surface area contributed by atoms with Crippen LogP contribution in [0.1, 0.15) is 45.6 Å². The highest BCUT2D eigenvalue weighted by Crippen LogP contribution is 2.26. The van der Waals surface area contributed by atoms with Crippen molar-refractivity contribution in [1.29, 1.82) is 0 Å². The van der Waals surface area contributed by atoms with Crippen LogP contribution in [-0.4, -0.2) is 44.4 Å². The first-order valence-electron chi connectivity index (χ1n) is 11.5. The molecule has 1 aliphatic heterocycles. The van der Waals surface area contributed by atoms with E-state index >= 15 is 0 Å². The Hall–Kier alpha value is -2.42. The first kappa shape index (κ1) is 25.2. The average Bonchev–Trinajstić information content (AvgIpc) is 2.80. The van der Waals surface area contributed by atoms with Crippen molar-refractivity contribution in [2.24, 2.45) is 5.92 Å². The Labute approximate surface area is 197 Å². The van der Waals surface area contributed by atoms with Crippen molar-refractivity contribution in [2.75, 3.05) is 25.0 Å². The van der Waals surface area contributed by atoms with Gasteiger partial charge >= 0.3 is 0 Å². The largest absolute Gasteiger partial charge is 0.491 e. The Balaban J connectivity index is 1.52. The smallest absolute Gasteiger partial charge is 0.243 e. The number of sulfonamides is 1. The van der Waals surface area contributed by atoms with Crippen LogP contribution in [0.4, 0.5) is 5.69 Å². The number of amides is 1. The third-order valence-corrected chi connectivity index (χ3v) is 7.41. The Morgan fingerprint density at radius 2 is 1.70 bits per heavy atom. The van der Waals surface area contributed by atoms with E-state index in [-0.39, 0.29) is 22.8 Å². The van der Waals surface area contributed by atoms with Gasteiger partial charge in [-0.15, -0.1) is 0 Å². The molecular formula is C25H34N2O5S. The van der Waals surface area contributed by atoms with Crippen molar-refractivity contribution < 1.29 is 22.7 Å². The van der Waals surface area contributed by atoms with Crippen LogP contribution in [-0.2, 0) is 26.2 Å². The van der Waals surface area contributed by atoms with E-state index in [2.05, 4.69) is 5.32 Å². The number of carbonyl (C=O) groups is 1. The summed E-state index contributed by atoms with van der Waals surface area (Å²) in [6.07, 6.45) is 2.01. The van der Waals surface area contributed by atoms with Gasteiger partial charge in [0, 0.05) is 31.3 Å². The van der Waals surface area contributed by atoms with Crippen LogP contribution in [0.5, 0.6) is 5.75 Å². The average molecular weight is 475 g/mol. The lowest BCUT2D eigenvalue weighted by molar-refractivity contribution is -0.120. The van der Waals surface area contributed by atoms with E-state index < -0.39 is 10.0 Å². The third-order valence-electron chi connectivity index (χ3n) is 5.50. The maximum Gasteiger partial charge on any atom is 0.243 e. The standard InChI is InChI=1S/C25H34N2O5S/c1-4-17-31-18-20-5-11-24(12-6-20)33(29,30)27-15-13-21(14-16-27)25(28)26-22-7-9-23(10-8-22)32-19(2)3/h5-12,19,21H,4,13-18H2,1-3H3,(H,26,28). The molecule has 33 heavy (non-hydrogen) atoms. The molecule has 2 aromatic rings. The van der Waals surface area contributed by atoms with Crippen LogP contribution in [0.3, 0.4) is 0 Å². The van der Waals surface area contributed by atoms with Crippen LogP contribution in [0.25, 0.3) is 0 Å². The molecular weight excluding hydrogens is 440 g/mol. The minimum absolute atomic E-state index is 0.0824. The first-order valence-corrected chi connectivity index (χ1v) is 13.0. The number of hydrogen-bond acceptors (Lipinski definition) is 5. The molecule has 3 rings (SSSR count). The number of rotatable bonds is 10. The van der Waals surface area contributed by atoms with Gasteiger partial charge in [0.2, 0.25) is 15.9 Å². The Morgan fingerprint density at radius 1 is 1.06 bits per heavy atom. The van der Waals surface area contributed by atoms with Crippen LogP contribution < -0.4 is 10.1 Å². The molecule has 1 heterocycles. The molecule has 1 saturated heterocycles. The Morgan fingerprint density at radius 3 is 2.27 bits per heavy atom. The Kier molecular flexibility index (Phi) is 8.88. The van der Waals surface area contributed by atoms with E-state index in [4.69, 9.17) is 9.47 Å². The lowest BCUT2D eigenvalue weighted by Crippen LogP contribution is -2.41. The van der Waals surface area contributed by atoms with Crippen LogP contribution in [0.15, 0.2) is 53.4 Å². The number of benzene rings is 2. The van der Waals surface area contributed by atoms with Crippen LogP contribution in [0.2, 0.25) is 0 Å². The number of anilines is 1. The van der Waals surface area contributed by atoms with Gasteiger partial charge < -0.3 is 14.8 Å². The second kappa shape index (κ2) is 11.6. The predicted octanol–water partition coefficient (Wildman–Crippen LogP) is 4.44. The number of hydrogen-bond donors (Lipinski definition) is 1. The number of nitrogens with zero attached hydrogens (tertiary/aromatic N) is 1. The summed E-state index contributed by atoms with van der Waals surface area (Å²) in [5, 5.41) is 2.93. The monoisotopic (exact) mass is 474 g/mol. The molecule has 8 heteroatoms. The summed E-state index contributed by atoms with van der Waals surface area (Å²) in [5.41, 5.74) is 1.65. The molecule has 1 fully saturated rings. The molecule has 180 valence electrons. The number of carbonyl (C=O) groups excluding carboxylic acids is 1. The highest BCUT2D eigenvalue weighted by atomic mass is 32.2. The molecule has 1 amide bonds. The molecule has 0 unspecified atom stereocenters. The van der Waals surface area contributed by atoms with Gasteiger partial charge in [-0.3, -0.25) is 4.79 Å². The fraction of sp³-hybridized carbons (Fsp3) is 0.480. The topological polar surface area (TPSA) is 84.9 Å². The van der Waals surface area contributed by atoms with E-state index in [9.17, 15) is 13.2 Å². The summed E-state index contributed by atoms with van der Waals surface area (Å²) in [6, 6.07) is 14.1. The normalized spacial score (nSPS) is 15.5. The van der Waals surface area contributed by atoms with E-state index in [1.807, 2.05) is 45.0 Å². The van der Waals surface area contributed by atoms with E-state index in [1.54, 1.807) is 24.3 Å². The van der Waals surface area contributed by atoms with Crippen molar-refractivity contribution in [2.45, 2.75) is 57.6 Å². The summed E-state index contributed by atoms with van der Waals surface area (Å²) in [4.78, 5) is 13.0. The molecule has 0 bridgehead atoms. The fourth-order valence-electron chi connectivity index (χ4n) is 3.73. The van der Waals surface area contributed by atoms with Crippen LogP contribution in [0, 0.1) is 5.92 Å². The van der Waals surface area contributed by atoms with Crippen molar-refractivity contribution in [3.05, 3.63) is 54.1 Å². The zero-order chi connectivity index (χ0) is 23.8. The summed E-state index contributed by atoms with van der Waals surface area (Å²) in [7, 11) is -3.58. The lowest BCUT2D eigenvalue weighted by atomic mass is 9.97. The molecule has 0 radical (unpaired) electrons. The third kappa shape index (κ3) is 7.03. The van der Waals surface area contributed by atoms with E-state index in [0.717, 1.165) is 17.7 Å². The molecule has 0 aromatic heterocycles. The minimum atomic E-state index is -3.58. The molecule has 7 nitrogen and oxygen atoms in total. The van der Waals surface area contributed by atoms with Gasteiger partial charge in [0.05, 0.1) is 17.6 Å². The lowest BCUT2D eigenvalue weighted by Gasteiger charge is -2.30. The maximum absolute atomic E-state index is 13.0. The summed E-state index contributed by atoms with van der Waals surface area (Å²) in [5.74, 6) is 0.449. The summed E-state index contributed by atoms with van der Waals surface area (Å²) < 4.78 is 38.6. The van der Waals surface area contributed by atoms with Gasteiger partial charge in [0.1, 0.15) is 5.75 Å². The van der Waals surface area contributed by atoms with Crippen molar-refractivity contribution in [1.82, 2.24) is 4.31 Å². The number of ether oxygens (including phenoxy) is 2. The maximum atomic E-state index is 13.0. The van der Waals surface area contributed by atoms with E-state index in [1.165, 1.54) is 4.31 Å². The quantitative estimate of drug-likeness (QED) is 0.515. The fourth-order valence-corrected chi connectivity index (χ4v) is 5.20. The molecule has 0 atom stereocenters. The van der Waals surface area contributed by atoms with Crippen LogP contribution >= 0.6 is 0 Å². The van der Waals surface area contributed by atoms with Gasteiger partial charge in [-0.1, -0.05) is 19.1 Å². The van der Waals surface area contributed by atoms with Gasteiger partial charge in [0.15, 0.2) is 0 Å². The summed E-state index contributed by atoms with van der Waals surface area (Å²) >= 11 is 0. The molecule has 0 aliphatic carbocycles. The zero-order valence-corrected chi connectivity index (χ0v) is 20.4. The predicted molar refractivity (Wildman–Crippen MR) is 129 cm³/mol. The van der Waals surface area contributed by atoms with Crippen molar-refractivity contribution >= 4 is 21.6 Å². The van der Waals surface area contributed by atoms with Gasteiger partial charge in [0.25, 0.3) is 0 Å². The second-order valence-electron chi connectivity index (χ2n) is 8.56. The van der Waals surface area contributed by atoms with Crippen molar-refractivity contribution in [3.63, 3.8) is 0 Å². The SMILES string of the molecule is CCCOCc1ccc(S(=O)(=O)N2CCC(C(=O)Nc3ccc(OC(C)C)cc3)CC2)cc1. The molecule has 1 aliphatic rings. The highest BCUT2D eigenvalue weighted by Gasteiger charge is 2.32. The molecule has 1 N–H and O–H groups in total. The Bertz CT molecular complexity index is 996. The summed E-state index contributed by atoms with van der Waals surface area (Å²) in [6.45, 7) is 7.76. The van der Waals surface area contributed by atoms with Crippen molar-refractivity contribution in [3.8, 4) is 5.75 Å². The molecule has 0 saturated carbocycles. The van der Waals surface area contributed by atoms with Gasteiger partial charge in [-0.25, -0.2) is 8.42 Å². The molecule has 2 aromatic carbocycles. The minimum Gasteiger partial charge on any atom is -0.491 e. The van der Waals surface area contributed by atoms with E-state index in [0.29, 0.717) is 44.8 Å². The highest BCUT2D eigenvalue weighted by molar-refractivity contribution is 7.89. The molecule has 0 spiro atoms. The number of nitrogens with one attached hydrogen (secondary N) is 1.